The zero-order valence-electron chi connectivity index (χ0n) is 19.1. The van der Waals surface area contributed by atoms with Crippen molar-refractivity contribution in [1.29, 1.82) is 0 Å². The second-order valence-corrected chi connectivity index (χ2v) is 8.39. The molecule has 168 valence electrons. The number of carbonyl (C=O) groups excluding carboxylic acids is 2. The second-order valence-electron chi connectivity index (χ2n) is 8.39. The molecule has 2 amide bonds. The molecular formula is C24H39N3O3. The maximum Gasteiger partial charge on any atom is 0.253 e. The number of ether oxygens (including phenoxy) is 1. The fourth-order valence-corrected chi connectivity index (χ4v) is 3.90. The van der Waals surface area contributed by atoms with E-state index in [0.717, 1.165) is 57.3 Å². The summed E-state index contributed by atoms with van der Waals surface area (Å²) in [6.45, 7) is 9.27. The van der Waals surface area contributed by atoms with Crippen LogP contribution in [-0.4, -0.2) is 45.2 Å². The number of amides is 2. The molecular weight excluding hydrogens is 378 g/mol. The van der Waals surface area contributed by atoms with Crippen molar-refractivity contribution in [2.75, 3.05) is 43.6 Å². The average Bonchev–Trinajstić information content (AvgIpc) is 2.75. The van der Waals surface area contributed by atoms with Gasteiger partial charge in [-0.25, -0.2) is 0 Å². The number of benzene rings is 1. The van der Waals surface area contributed by atoms with E-state index < -0.39 is 0 Å². The molecule has 1 fully saturated rings. The highest BCUT2D eigenvalue weighted by molar-refractivity contribution is 6.02. The fraction of sp³-hybridized carbons (Fsp3) is 0.667. The lowest BCUT2D eigenvalue weighted by Gasteiger charge is -2.33. The molecule has 2 rings (SSSR count). The van der Waals surface area contributed by atoms with Crippen molar-refractivity contribution in [3.63, 3.8) is 0 Å². The molecule has 1 atom stereocenters. The van der Waals surface area contributed by atoms with Gasteiger partial charge in [0.1, 0.15) is 0 Å². The number of hydrogen-bond donors (Lipinski definition) is 2. The summed E-state index contributed by atoms with van der Waals surface area (Å²) in [4.78, 5) is 27.9. The topological polar surface area (TPSA) is 70.7 Å². The standard InChI is InChI=1S/C24H39N3O3/c1-5-7-8-19(6-2)23(28)26-20-9-10-22(27-14-11-18(3)12-15-27)21(17-20)24(29)25-13-16-30-4/h9-10,17-19H,5-8,11-16H2,1-4H3,(H,25,29)(H,26,28)/t19-/m0/s1. The summed E-state index contributed by atoms with van der Waals surface area (Å²) in [7, 11) is 1.62. The van der Waals surface area contributed by atoms with Crippen LogP contribution < -0.4 is 15.5 Å². The fourth-order valence-electron chi connectivity index (χ4n) is 3.90. The number of methoxy groups -OCH3 is 1. The lowest BCUT2D eigenvalue weighted by molar-refractivity contribution is -0.120. The van der Waals surface area contributed by atoms with E-state index in [9.17, 15) is 9.59 Å². The van der Waals surface area contributed by atoms with Crippen LogP contribution in [0.15, 0.2) is 18.2 Å². The van der Waals surface area contributed by atoms with Gasteiger partial charge in [-0.15, -0.1) is 0 Å². The van der Waals surface area contributed by atoms with Crippen molar-refractivity contribution in [2.45, 2.75) is 59.3 Å². The van der Waals surface area contributed by atoms with E-state index in [1.807, 2.05) is 18.2 Å². The van der Waals surface area contributed by atoms with Crippen molar-refractivity contribution >= 4 is 23.2 Å². The molecule has 0 saturated carbocycles. The largest absolute Gasteiger partial charge is 0.383 e. The Morgan fingerprint density at radius 3 is 2.60 bits per heavy atom. The van der Waals surface area contributed by atoms with Crippen LogP contribution in [-0.2, 0) is 9.53 Å². The number of nitrogens with zero attached hydrogens (tertiary/aromatic N) is 1. The maximum atomic E-state index is 12.9. The first-order valence-electron chi connectivity index (χ1n) is 11.5. The van der Waals surface area contributed by atoms with E-state index in [4.69, 9.17) is 4.74 Å². The molecule has 0 aromatic heterocycles. The van der Waals surface area contributed by atoms with Gasteiger partial charge in [-0.1, -0.05) is 33.6 Å². The zero-order valence-corrected chi connectivity index (χ0v) is 19.1. The lowest BCUT2D eigenvalue weighted by atomic mass is 9.97. The van der Waals surface area contributed by atoms with E-state index in [1.54, 1.807) is 7.11 Å². The number of hydrogen-bond acceptors (Lipinski definition) is 4. The zero-order chi connectivity index (χ0) is 21.9. The van der Waals surface area contributed by atoms with Gasteiger partial charge in [-0.05, 0) is 49.8 Å². The normalized spacial score (nSPS) is 15.7. The third-order valence-electron chi connectivity index (χ3n) is 5.99. The summed E-state index contributed by atoms with van der Waals surface area (Å²) in [6.07, 6.45) is 6.09. The maximum absolute atomic E-state index is 12.9. The molecule has 2 N–H and O–H groups in total. The van der Waals surface area contributed by atoms with Crippen molar-refractivity contribution in [1.82, 2.24) is 5.32 Å². The van der Waals surface area contributed by atoms with E-state index >= 15 is 0 Å². The minimum Gasteiger partial charge on any atom is -0.383 e. The van der Waals surface area contributed by atoms with Crippen molar-refractivity contribution in [2.24, 2.45) is 11.8 Å². The number of rotatable bonds is 11. The Balaban J connectivity index is 2.20. The van der Waals surface area contributed by atoms with Gasteiger partial charge in [0.2, 0.25) is 5.91 Å². The molecule has 6 nitrogen and oxygen atoms in total. The van der Waals surface area contributed by atoms with Crippen LogP contribution in [0.25, 0.3) is 0 Å². The molecule has 1 aromatic rings. The molecule has 1 heterocycles. The highest BCUT2D eigenvalue weighted by atomic mass is 16.5. The molecule has 30 heavy (non-hydrogen) atoms. The first kappa shape index (κ1) is 24.2. The monoisotopic (exact) mass is 417 g/mol. The number of carbonyl (C=O) groups is 2. The van der Waals surface area contributed by atoms with Gasteiger partial charge >= 0.3 is 0 Å². The van der Waals surface area contributed by atoms with Crippen LogP contribution in [0.1, 0.15) is 69.7 Å². The summed E-state index contributed by atoms with van der Waals surface area (Å²) >= 11 is 0. The molecule has 6 heteroatoms. The van der Waals surface area contributed by atoms with Crippen molar-refractivity contribution in [3.05, 3.63) is 23.8 Å². The van der Waals surface area contributed by atoms with Gasteiger partial charge in [0.15, 0.2) is 0 Å². The predicted molar refractivity (Wildman–Crippen MR) is 123 cm³/mol. The Bertz CT molecular complexity index is 684. The third kappa shape index (κ3) is 7.01. The van der Waals surface area contributed by atoms with Gasteiger partial charge in [0.25, 0.3) is 5.91 Å². The SMILES string of the molecule is CCCC[C@H](CC)C(=O)Nc1ccc(N2CCC(C)CC2)c(C(=O)NCCOC)c1. The van der Waals surface area contributed by atoms with Crippen LogP contribution in [0, 0.1) is 11.8 Å². The smallest absolute Gasteiger partial charge is 0.253 e. The Morgan fingerprint density at radius 2 is 1.97 bits per heavy atom. The number of unbranched alkanes of at least 4 members (excludes halogenated alkanes) is 1. The summed E-state index contributed by atoms with van der Waals surface area (Å²) < 4.78 is 5.05. The highest BCUT2D eigenvalue weighted by Gasteiger charge is 2.22. The van der Waals surface area contributed by atoms with Gasteiger partial charge in [-0.2, -0.15) is 0 Å². The molecule has 0 radical (unpaired) electrons. The molecule has 1 aromatic carbocycles. The molecule has 0 unspecified atom stereocenters. The van der Waals surface area contributed by atoms with Gasteiger partial charge < -0.3 is 20.3 Å². The Morgan fingerprint density at radius 1 is 1.23 bits per heavy atom. The van der Waals surface area contributed by atoms with Gasteiger partial charge in [0.05, 0.1) is 12.2 Å². The van der Waals surface area contributed by atoms with E-state index in [2.05, 4.69) is 36.3 Å². The minimum absolute atomic E-state index is 0.00666. The summed E-state index contributed by atoms with van der Waals surface area (Å²) in [5.41, 5.74) is 2.23. The molecule has 0 aliphatic carbocycles. The van der Waals surface area contributed by atoms with Gasteiger partial charge in [-0.3, -0.25) is 9.59 Å². The van der Waals surface area contributed by atoms with E-state index in [-0.39, 0.29) is 17.7 Å². The van der Waals surface area contributed by atoms with E-state index in [0.29, 0.717) is 30.3 Å². The first-order valence-corrected chi connectivity index (χ1v) is 11.5. The molecule has 0 bridgehead atoms. The van der Waals surface area contributed by atoms with Crippen LogP contribution in [0.2, 0.25) is 0 Å². The summed E-state index contributed by atoms with van der Waals surface area (Å²) in [5.74, 6) is 0.631. The Hall–Kier alpha value is -2.08. The Labute approximate surface area is 181 Å². The van der Waals surface area contributed by atoms with E-state index in [1.165, 1.54) is 0 Å². The highest BCUT2D eigenvalue weighted by Crippen LogP contribution is 2.29. The number of piperidine rings is 1. The average molecular weight is 418 g/mol. The quantitative estimate of drug-likeness (QED) is 0.522. The van der Waals surface area contributed by atoms with Crippen LogP contribution in [0.4, 0.5) is 11.4 Å². The van der Waals surface area contributed by atoms with Gasteiger partial charge in [0, 0.05) is 44.0 Å². The number of anilines is 2. The predicted octanol–water partition coefficient (Wildman–Crippen LogP) is 4.45. The third-order valence-corrected chi connectivity index (χ3v) is 5.99. The molecule has 1 aliphatic heterocycles. The summed E-state index contributed by atoms with van der Waals surface area (Å²) in [5, 5.41) is 5.97. The summed E-state index contributed by atoms with van der Waals surface area (Å²) in [6, 6.07) is 5.72. The van der Waals surface area contributed by atoms with Crippen molar-refractivity contribution < 1.29 is 14.3 Å². The second kappa shape index (κ2) is 12.6. The van der Waals surface area contributed by atoms with Crippen molar-refractivity contribution in [3.8, 4) is 0 Å². The van der Waals surface area contributed by atoms with Crippen LogP contribution in [0.5, 0.6) is 0 Å². The molecule has 1 saturated heterocycles. The van der Waals surface area contributed by atoms with Crippen LogP contribution >= 0.6 is 0 Å². The molecule has 1 aliphatic rings. The minimum atomic E-state index is -0.130. The van der Waals surface area contributed by atoms with Crippen LogP contribution in [0.3, 0.4) is 0 Å². The number of nitrogens with one attached hydrogen (secondary N) is 2. The molecule has 0 spiro atoms. The first-order chi connectivity index (χ1) is 14.5. The Kier molecular flexibility index (Phi) is 10.1. The lowest BCUT2D eigenvalue weighted by Crippen LogP contribution is -2.35.